The number of esters is 2. The van der Waals surface area contributed by atoms with E-state index < -0.39 is 59.4 Å². The molecule has 2 aliphatic heterocycles. The molecule has 3 amide bonds. The van der Waals surface area contributed by atoms with Crippen LogP contribution in [0.5, 0.6) is 0 Å². The minimum absolute atomic E-state index is 0.0715. The second kappa shape index (κ2) is 11.6. The first-order valence-corrected chi connectivity index (χ1v) is 12.1. The van der Waals surface area contributed by atoms with Crippen LogP contribution in [-0.4, -0.2) is 88.7 Å². The topological polar surface area (TPSA) is 143 Å². The summed E-state index contributed by atoms with van der Waals surface area (Å²) in [6, 6.07) is 3.30. The van der Waals surface area contributed by atoms with Crippen LogP contribution in [0.4, 0.5) is 9.18 Å². The van der Waals surface area contributed by atoms with Crippen LogP contribution < -0.4 is 5.32 Å². The lowest BCUT2D eigenvalue weighted by molar-refractivity contribution is -0.158. The van der Waals surface area contributed by atoms with E-state index in [1.807, 2.05) is 0 Å². The number of nitrogens with zero attached hydrogens (tertiary/aromatic N) is 2. The normalized spacial score (nSPS) is 22.8. The van der Waals surface area contributed by atoms with Gasteiger partial charge in [0, 0.05) is 26.4 Å². The summed E-state index contributed by atoms with van der Waals surface area (Å²) in [6.07, 6.45) is -0.942. The molecular formula is C25H32FN3O8. The first-order chi connectivity index (χ1) is 17.5. The van der Waals surface area contributed by atoms with Crippen molar-refractivity contribution in [2.24, 2.45) is 0 Å². The SMILES string of the molecule is COC(=O)C(NC(=O)C1(Cc2cccc(F)c2)CCCN1C(=O)C1CCCN1C(=O)O)C(C)OC(C)=O. The number of rotatable bonds is 8. The molecule has 2 heterocycles. The van der Waals surface area contributed by atoms with Gasteiger partial charge in [0.05, 0.1) is 7.11 Å². The van der Waals surface area contributed by atoms with Gasteiger partial charge in [-0.3, -0.25) is 19.3 Å². The molecule has 12 heteroatoms. The number of carbonyl (C=O) groups excluding carboxylic acids is 4. The summed E-state index contributed by atoms with van der Waals surface area (Å²) < 4.78 is 23.9. The molecule has 2 fully saturated rings. The van der Waals surface area contributed by atoms with E-state index in [1.165, 1.54) is 30.0 Å². The average Bonchev–Trinajstić information content (AvgIpc) is 3.49. The fourth-order valence-electron chi connectivity index (χ4n) is 5.22. The number of carboxylic acid groups (broad SMARTS) is 1. The summed E-state index contributed by atoms with van der Waals surface area (Å²) in [6.45, 7) is 2.95. The third kappa shape index (κ3) is 6.00. The highest BCUT2D eigenvalue weighted by Gasteiger charge is 2.53. The van der Waals surface area contributed by atoms with E-state index in [2.05, 4.69) is 5.32 Å². The molecular weight excluding hydrogens is 489 g/mol. The summed E-state index contributed by atoms with van der Waals surface area (Å²) >= 11 is 0. The maximum absolute atomic E-state index is 14.0. The number of halogens is 1. The molecule has 1 aromatic rings. The van der Waals surface area contributed by atoms with Crippen LogP contribution in [0, 0.1) is 5.82 Å². The number of likely N-dealkylation sites (tertiary alicyclic amines) is 2. The first kappa shape index (κ1) is 27.9. The van der Waals surface area contributed by atoms with Crippen LogP contribution in [0.15, 0.2) is 24.3 Å². The highest BCUT2D eigenvalue weighted by molar-refractivity contribution is 5.97. The molecule has 0 aliphatic carbocycles. The molecule has 11 nitrogen and oxygen atoms in total. The second-order valence-corrected chi connectivity index (χ2v) is 9.35. The van der Waals surface area contributed by atoms with Crippen LogP contribution in [0.1, 0.15) is 45.1 Å². The highest BCUT2D eigenvalue weighted by atomic mass is 19.1. The van der Waals surface area contributed by atoms with Crippen molar-refractivity contribution >= 4 is 29.8 Å². The molecule has 2 saturated heterocycles. The van der Waals surface area contributed by atoms with Crippen LogP contribution in [0.2, 0.25) is 0 Å². The van der Waals surface area contributed by atoms with Gasteiger partial charge in [0.1, 0.15) is 23.5 Å². The van der Waals surface area contributed by atoms with Crippen LogP contribution in [0.3, 0.4) is 0 Å². The summed E-state index contributed by atoms with van der Waals surface area (Å²) in [5, 5.41) is 12.2. The predicted molar refractivity (Wildman–Crippen MR) is 127 cm³/mol. The smallest absolute Gasteiger partial charge is 0.407 e. The second-order valence-electron chi connectivity index (χ2n) is 9.35. The van der Waals surface area contributed by atoms with Crippen molar-refractivity contribution in [1.29, 1.82) is 0 Å². The fourth-order valence-corrected chi connectivity index (χ4v) is 5.22. The van der Waals surface area contributed by atoms with Gasteiger partial charge in [-0.1, -0.05) is 12.1 Å². The Morgan fingerprint density at radius 2 is 1.95 bits per heavy atom. The van der Waals surface area contributed by atoms with Crippen molar-refractivity contribution in [3.63, 3.8) is 0 Å². The molecule has 37 heavy (non-hydrogen) atoms. The molecule has 4 atom stereocenters. The summed E-state index contributed by atoms with van der Waals surface area (Å²) in [7, 11) is 1.12. The zero-order valence-electron chi connectivity index (χ0n) is 21.1. The number of methoxy groups -OCH3 is 1. The van der Waals surface area contributed by atoms with Crippen molar-refractivity contribution in [2.75, 3.05) is 20.2 Å². The Morgan fingerprint density at radius 1 is 1.22 bits per heavy atom. The summed E-state index contributed by atoms with van der Waals surface area (Å²) in [5.74, 6) is -3.28. The van der Waals surface area contributed by atoms with Crippen LogP contribution in [-0.2, 0) is 35.1 Å². The number of benzene rings is 1. The molecule has 2 N–H and O–H groups in total. The van der Waals surface area contributed by atoms with Crippen molar-refractivity contribution in [3.8, 4) is 0 Å². The maximum Gasteiger partial charge on any atom is 0.407 e. The molecule has 0 radical (unpaired) electrons. The number of hydrogen-bond donors (Lipinski definition) is 2. The standard InChI is InChI=1S/C25H32FN3O8/c1-15(37-16(2)30)20(22(32)36-3)27-23(33)25(14-17-7-4-8-18(26)13-17)10-6-12-29(25)21(31)19-9-5-11-28(19)24(34)35/h4,7-8,13,15,19-20H,5-6,9-12,14H2,1-3H3,(H,27,33)(H,34,35). The Labute approximate surface area is 213 Å². The van der Waals surface area contributed by atoms with Gasteiger partial charge in [0.25, 0.3) is 0 Å². The molecule has 202 valence electrons. The molecule has 4 unspecified atom stereocenters. The maximum atomic E-state index is 14.0. The molecule has 0 saturated carbocycles. The molecule has 1 aromatic carbocycles. The van der Waals surface area contributed by atoms with Gasteiger partial charge < -0.3 is 24.8 Å². The lowest BCUT2D eigenvalue weighted by Crippen LogP contribution is -2.64. The average molecular weight is 522 g/mol. The largest absolute Gasteiger partial charge is 0.467 e. The van der Waals surface area contributed by atoms with E-state index in [-0.39, 0.29) is 25.9 Å². The number of amides is 3. The Bertz CT molecular complexity index is 1070. The number of nitrogens with one attached hydrogen (secondary N) is 1. The van der Waals surface area contributed by atoms with E-state index in [0.29, 0.717) is 24.8 Å². The van der Waals surface area contributed by atoms with Gasteiger partial charge in [-0.2, -0.15) is 0 Å². The van der Waals surface area contributed by atoms with E-state index in [0.717, 1.165) is 18.9 Å². The van der Waals surface area contributed by atoms with Crippen molar-refractivity contribution in [2.45, 2.75) is 69.7 Å². The quantitative estimate of drug-likeness (QED) is 0.490. The van der Waals surface area contributed by atoms with E-state index in [4.69, 9.17) is 9.47 Å². The zero-order chi connectivity index (χ0) is 27.3. The Kier molecular flexibility index (Phi) is 8.72. The minimum Gasteiger partial charge on any atom is -0.467 e. The van der Waals surface area contributed by atoms with Gasteiger partial charge in [0.2, 0.25) is 11.8 Å². The zero-order valence-corrected chi connectivity index (χ0v) is 21.1. The van der Waals surface area contributed by atoms with Crippen molar-refractivity contribution < 1.29 is 42.9 Å². The Hall–Kier alpha value is -3.70. The molecule has 0 aromatic heterocycles. The predicted octanol–water partition coefficient (Wildman–Crippen LogP) is 1.48. The van der Waals surface area contributed by atoms with E-state index >= 15 is 0 Å². The van der Waals surface area contributed by atoms with Gasteiger partial charge in [0.15, 0.2) is 6.04 Å². The molecule has 0 bridgehead atoms. The molecule has 0 spiro atoms. The molecule has 3 rings (SSSR count). The Balaban J connectivity index is 2.00. The lowest BCUT2D eigenvalue weighted by Gasteiger charge is -2.40. The third-order valence-corrected chi connectivity index (χ3v) is 6.91. The van der Waals surface area contributed by atoms with Crippen LogP contribution >= 0.6 is 0 Å². The summed E-state index contributed by atoms with van der Waals surface area (Å²) in [4.78, 5) is 65.8. The number of hydrogen-bond acceptors (Lipinski definition) is 7. The van der Waals surface area contributed by atoms with Crippen molar-refractivity contribution in [3.05, 3.63) is 35.6 Å². The highest BCUT2D eigenvalue weighted by Crippen LogP contribution is 2.36. The van der Waals surface area contributed by atoms with Crippen LogP contribution in [0.25, 0.3) is 0 Å². The van der Waals surface area contributed by atoms with Gasteiger partial charge in [-0.15, -0.1) is 0 Å². The molecule has 2 aliphatic rings. The van der Waals surface area contributed by atoms with Crippen molar-refractivity contribution in [1.82, 2.24) is 15.1 Å². The van der Waals surface area contributed by atoms with E-state index in [1.54, 1.807) is 6.07 Å². The number of ether oxygens (including phenoxy) is 2. The summed E-state index contributed by atoms with van der Waals surface area (Å²) in [5.41, 5.74) is -1.10. The lowest BCUT2D eigenvalue weighted by atomic mass is 9.86. The monoisotopic (exact) mass is 521 g/mol. The van der Waals surface area contributed by atoms with Gasteiger partial charge in [-0.05, 0) is 50.3 Å². The first-order valence-electron chi connectivity index (χ1n) is 12.1. The third-order valence-electron chi connectivity index (χ3n) is 6.91. The fraction of sp³-hybridized carbons (Fsp3) is 0.560. The van der Waals surface area contributed by atoms with Gasteiger partial charge in [-0.25, -0.2) is 14.0 Å². The van der Waals surface area contributed by atoms with Gasteiger partial charge >= 0.3 is 18.0 Å². The van der Waals surface area contributed by atoms with E-state index in [9.17, 15) is 33.5 Å². The number of carbonyl (C=O) groups is 5. The Morgan fingerprint density at radius 3 is 2.57 bits per heavy atom. The minimum atomic E-state index is -1.54.